The second kappa shape index (κ2) is 9.33. The molecule has 3 aromatic rings. The lowest BCUT2D eigenvalue weighted by Crippen LogP contribution is -2.43. The van der Waals surface area contributed by atoms with E-state index in [9.17, 15) is 15.3 Å². The number of hydrazine groups is 1. The number of aromatic hydroxyl groups is 3. The second-order valence-electron chi connectivity index (χ2n) is 8.08. The summed E-state index contributed by atoms with van der Waals surface area (Å²) in [5.41, 5.74) is 4.13. The Morgan fingerprint density at radius 3 is 1.74 bits per heavy atom. The van der Waals surface area contributed by atoms with Gasteiger partial charge in [-0.3, -0.25) is 5.01 Å². The van der Waals surface area contributed by atoms with Crippen LogP contribution in [0, 0.1) is 20.8 Å². The fourth-order valence-electron chi connectivity index (χ4n) is 3.71. The van der Waals surface area contributed by atoms with Crippen molar-refractivity contribution in [2.45, 2.75) is 26.9 Å². The molecule has 0 radical (unpaired) electrons. The maximum atomic E-state index is 10.2. The van der Waals surface area contributed by atoms with Gasteiger partial charge in [-0.2, -0.15) is 0 Å². The Morgan fingerprint density at radius 2 is 1.21 bits per heavy atom. The summed E-state index contributed by atoms with van der Waals surface area (Å²) in [6.07, 6.45) is -0.654. The van der Waals surface area contributed by atoms with Crippen molar-refractivity contribution in [1.29, 1.82) is 0 Å². The van der Waals surface area contributed by atoms with Crippen LogP contribution in [0.2, 0.25) is 0 Å². The summed E-state index contributed by atoms with van der Waals surface area (Å²) in [5.74, 6) is 7.90. The SMILES string of the molecule is Cc1cc(C2=NC(c3cc(C)c(O)c(Br)c3)N(N)C(c3cc(C)c(O)c(Br)c3)=N2)cc(Br)c1O. The third-order valence-electron chi connectivity index (χ3n) is 5.56. The Bertz CT molecular complexity index is 1320. The van der Waals surface area contributed by atoms with Gasteiger partial charge in [-0.1, -0.05) is 0 Å². The lowest BCUT2D eigenvalue weighted by molar-refractivity contribution is 0.332. The molecule has 10 heteroatoms. The van der Waals surface area contributed by atoms with Crippen molar-refractivity contribution in [3.8, 4) is 17.2 Å². The molecule has 0 aliphatic carbocycles. The summed E-state index contributed by atoms with van der Waals surface area (Å²) in [5, 5.41) is 32.1. The molecule has 0 amide bonds. The number of amidine groups is 2. The third-order valence-corrected chi connectivity index (χ3v) is 7.38. The second-order valence-corrected chi connectivity index (χ2v) is 10.6. The highest BCUT2D eigenvalue weighted by Crippen LogP contribution is 2.37. The van der Waals surface area contributed by atoms with Gasteiger partial charge < -0.3 is 15.3 Å². The number of aliphatic imine (C=N–C) groups is 2. The van der Waals surface area contributed by atoms with E-state index in [4.69, 9.17) is 15.8 Å². The predicted molar refractivity (Wildman–Crippen MR) is 143 cm³/mol. The topological polar surface area (TPSA) is 115 Å². The molecule has 0 saturated carbocycles. The lowest BCUT2D eigenvalue weighted by atomic mass is 10.0. The quantitative estimate of drug-likeness (QED) is 0.256. The van der Waals surface area contributed by atoms with Gasteiger partial charge in [0, 0.05) is 11.1 Å². The van der Waals surface area contributed by atoms with E-state index in [1.807, 2.05) is 6.07 Å². The molecular weight excluding hydrogens is 632 g/mol. The highest BCUT2D eigenvalue weighted by molar-refractivity contribution is 9.11. The van der Waals surface area contributed by atoms with E-state index in [1.54, 1.807) is 51.1 Å². The molecule has 0 spiro atoms. The van der Waals surface area contributed by atoms with Crippen LogP contribution in [-0.2, 0) is 0 Å². The average Bonchev–Trinajstić information content (AvgIpc) is 2.78. The van der Waals surface area contributed by atoms with Crippen molar-refractivity contribution in [2.24, 2.45) is 15.8 Å². The van der Waals surface area contributed by atoms with Gasteiger partial charge in [-0.15, -0.1) is 0 Å². The summed E-state index contributed by atoms with van der Waals surface area (Å²) in [6, 6.07) is 10.7. The van der Waals surface area contributed by atoms with Gasteiger partial charge in [-0.05, 0) is 127 Å². The summed E-state index contributed by atoms with van der Waals surface area (Å²) < 4.78 is 1.58. The number of hydrogen-bond donors (Lipinski definition) is 4. The maximum Gasteiger partial charge on any atom is 0.164 e. The molecule has 1 aliphatic heterocycles. The summed E-state index contributed by atoms with van der Waals surface area (Å²) in [7, 11) is 0. The van der Waals surface area contributed by atoms with Crippen LogP contribution in [0.15, 0.2) is 59.8 Å². The number of nitrogens with zero attached hydrogens (tertiary/aromatic N) is 3. The summed E-state index contributed by atoms with van der Waals surface area (Å²) in [4.78, 5) is 9.60. The first-order chi connectivity index (χ1) is 16.0. The highest BCUT2D eigenvalue weighted by Gasteiger charge is 2.29. The Hall–Kier alpha value is -2.40. The average molecular weight is 653 g/mol. The molecule has 3 aromatic carbocycles. The van der Waals surface area contributed by atoms with Crippen molar-refractivity contribution >= 4 is 59.5 Å². The largest absolute Gasteiger partial charge is 0.506 e. The van der Waals surface area contributed by atoms with Crippen LogP contribution in [0.25, 0.3) is 0 Å². The first-order valence-electron chi connectivity index (χ1n) is 10.2. The fourth-order valence-corrected chi connectivity index (χ4v) is 5.41. The Morgan fingerprint density at radius 1 is 0.735 bits per heavy atom. The minimum Gasteiger partial charge on any atom is -0.506 e. The molecule has 1 unspecified atom stereocenters. The van der Waals surface area contributed by atoms with E-state index in [0.29, 0.717) is 52.9 Å². The minimum absolute atomic E-state index is 0.144. The zero-order valence-electron chi connectivity index (χ0n) is 18.4. The number of benzene rings is 3. The molecule has 7 nitrogen and oxygen atoms in total. The summed E-state index contributed by atoms with van der Waals surface area (Å²) >= 11 is 10.2. The molecule has 4 rings (SSSR count). The van der Waals surface area contributed by atoms with Crippen molar-refractivity contribution < 1.29 is 15.3 Å². The molecule has 0 saturated heterocycles. The number of halogens is 3. The lowest BCUT2D eigenvalue weighted by Gasteiger charge is -2.32. The number of phenols is 3. The Kier molecular flexibility index (Phi) is 6.78. The standard InChI is InChI=1S/C24H21Br3N4O3/c1-10-4-13(7-16(25)19(10)32)22-29-23(14-5-11(2)20(33)17(26)8-14)31(28)24(30-22)15-6-12(3)21(34)18(27)9-15/h4-9,23,32-34H,28H2,1-3H3. The summed E-state index contributed by atoms with van der Waals surface area (Å²) in [6.45, 7) is 5.39. The molecule has 0 fully saturated rings. The van der Waals surface area contributed by atoms with E-state index in [2.05, 4.69) is 47.8 Å². The van der Waals surface area contributed by atoms with Crippen LogP contribution in [-0.4, -0.2) is 32.0 Å². The van der Waals surface area contributed by atoms with Gasteiger partial charge in [0.2, 0.25) is 0 Å². The normalized spacial score (nSPS) is 15.9. The molecule has 1 heterocycles. The smallest absolute Gasteiger partial charge is 0.164 e. The van der Waals surface area contributed by atoms with Gasteiger partial charge in [-0.25, -0.2) is 15.8 Å². The van der Waals surface area contributed by atoms with Crippen LogP contribution in [0.4, 0.5) is 0 Å². The van der Waals surface area contributed by atoms with Crippen molar-refractivity contribution in [3.05, 3.63) is 83.2 Å². The van der Waals surface area contributed by atoms with Gasteiger partial charge in [0.15, 0.2) is 17.8 Å². The molecule has 0 aromatic heterocycles. The number of rotatable bonds is 3. The molecule has 34 heavy (non-hydrogen) atoms. The van der Waals surface area contributed by atoms with Crippen molar-refractivity contribution in [3.63, 3.8) is 0 Å². The fraction of sp³-hybridized carbons (Fsp3) is 0.167. The van der Waals surface area contributed by atoms with Crippen LogP contribution in [0.3, 0.4) is 0 Å². The van der Waals surface area contributed by atoms with Crippen LogP contribution in [0.1, 0.15) is 39.5 Å². The molecule has 0 bridgehead atoms. The van der Waals surface area contributed by atoms with Crippen LogP contribution in [0.5, 0.6) is 17.2 Å². The minimum atomic E-state index is -0.654. The van der Waals surface area contributed by atoms with E-state index >= 15 is 0 Å². The highest BCUT2D eigenvalue weighted by atomic mass is 79.9. The zero-order valence-corrected chi connectivity index (χ0v) is 23.2. The van der Waals surface area contributed by atoms with Crippen LogP contribution < -0.4 is 5.84 Å². The number of nitrogens with two attached hydrogens (primary N) is 1. The van der Waals surface area contributed by atoms with Gasteiger partial charge in [0.25, 0.3) is 0 Å². The van der Waals surface area contributed by atoms with E-state index in [-0.39, 0.29) is 17.2 Å². The molecule has 1 atom stereocenters. The van der Waals surface area contributed by atoms with Gasteiger partial charge in [0.1, 0.15) is 17.2 Å². The Balaban J connectivity index is 1.94. The first kappa shape index (κ1) is 24.7. The van der Waals surface area contributed by atoms with E-state index < -0.39 is 6.17 Å². The molecular formula is C24H21Br3N4O3. The first-order valence-corrected chi connectivity index (χ1v) is 12.5. The van der Waals surface area contributed by atoms with Gasteiger partial charge >= 0.3 is 0 Å². The Labute approximate surface area is 222 Å². The van der Waals surface area contributed by atoms with E-state index in [0.717, 1.165) is 5.56 Å². The maximum absolute atomic E-state index is 10.2. The van der Waals surface area contributed by atoms with Crippen LogP contribution >= 0.6 is 47.8 Å². The number of hydrogen-bond acceptors (Lipinski definition) is 7. The zero-order chi connectivity index (χ0) is 24.9. The van der Waals surface area contributed by atoms with Crippen molar-refractivity contribution in [1.82, 2.24) is 5.01 Å². The molecule has 176 valence electrons. The number of aryl methyl sites for hydroxylation is 3. The predicted octanol–water partition coefficient (Wildman–Crippen LogP) is 6.10. The van der Waals surface area contributed by atoms with Crippen molar-refractivity contribution in [2.75, 3.05) is 0 Å². The number of phenolic OH excluding ortho intramolecular Hbond substituents is 3. The molecule has 1 aliphatic rings. The third kappa shape index (κ3) is 4.47. The van der Waals surface area contributed by atoms with Gasteiger partial charge in [0.05, 0.1) is 13.4 Å². The van der Waals surface area contributed by atoms with E-state index in [1.165, 1.54) is 5.01 Å². The molecule has 5 N–H and O–H groups in total. The monoisotopic (exact) mass is 650 g/mol.